The topological polar surface area (TPSA) is 117 Å². The molecule has 1 spiro atoms. The van der Waals surface area contributed by atoms with E-state index in [9.17, 15) is 23.2 Å². The molecule has 5 aromatic rings. The molecule has 53 heavy (non-hydrogen) atoms. The Morgan fingerprint density at radius 1 is 0.906 bits per heavy atom. The number of ether oxygens (including phenoxy) is 1. The largest absolute Gasteiger partial charge is 0.381 e. The molecule has 0 atom stereocenters. The first-order valence-corrected chi connectivity index (χ1v) is 18.3. The predicted octanol–water partition coefficient (Wildman–Crippen LogP) is 7.42. The summed E-state index contributed by atoms with van der Waals surface area (Å²) < 4.78 is 34.1. The number of aromatic nitrogens is 2. The Labute approximate surface area is 308 Å². The molecule has 8 rings (SSSR count). The van der Waals surface area contributed by atoms with Gasteiger partial charge in [0.15, 0.2) is 0 Å². The minimum absolute atomic E-state index is 0.223. The van der Waals surface area contributed by atoms with Crippen LogP contribution in [0.3, 0.4) is 0 Å². The Bertz CT molecular complexity index is 2240. The van der Waals surface area contributed by atoms with Crippen molar-refractivity contribution in [2.45, 2.75) is 33.1 Å². The van der Waals surface area contributed by atoms with Gasteiger partial charge in [0.05, 0.1) is 21.0 Å². The number of hydrogen-bond acceptors (Lipinski definition) is 8. The minimum atomic E-state index is -0.868. The van der Waals surface area contributed by atoms with Gasteiger partial charge in [-0.05, 0) is 105 Å². The summed E-state index contributed by atoms with van der Waals surface area (Å²) in [6.07, 6.45) is 4.22. The molecule has 3 amide bonds. The Kier molecular flexibility index (Phi) is 8.99. The maximum atomic E-state index is 14.3. The molecule has 0 radical (unpaired) electrons. The number of thiophene rings is 1. The van der Waals surface area contributed by atoms with Gasteiger partial charge in [0.2, 0.25) is 0 Å². The molecule has 6 heterocycles. The summed E-state index contributed by atoms with van der Waals surface area (Å²) in [6.45, 7) is 7.28. The van der Waals surface area contributed by atoms with Gasteiger partial charge in [0, 0.05) is 61.4 Å². The van der Waals surface area contributed by atoms with Crippen LogP contribution < -0.4 is 20.4 Å². The summed E-state index contributed by atoms with van der Waals surface area (Å²) >= 11 is 1.16. The molecule has 13 heteroatoms. The molecule has 3 aromatic heterocycles. The lowest BCUT2D eigenvalue weighted by atomic mass is 9.73. The second-order valence-corrected chi connectivity index (χ2v) is 15.0. The molecule has 0 unspecified atom stereocenters. The second-order valence-electron chi connectivity index (χ2n) is 13.9. The van der Waals surface area contributed by atoms with E-state index in [0.29, 0.717) is 51.9 Å². The van der Waals surface area contributed by atoms with E-state index in [1.165, 1.54) is 6.07 Å². The van der Waals surface area contributed by atoms with Crippen LogP contribution in [0.5, 0.6) is 0 Å². The van der Waals surface area contributed by atoms with Crippen molar-refractivity contribution in [3.8, 4) is 10.6 Å². The Morgan fingerprint density at radius 3 is 2.38 bits per heavy atom. The summed E-state index contributed by atoms with van der Waals surface area (Å²) in [5.74, 6) is -2.23. The van der Waals surface area contributed by atoms with Crippen molar-refractivity contribution >= 4 is 51.9 Å². The van der Waals surface area contributed by atoms with Gasteiger partial charge < -0.3 is 25.2 Å². The molecular weight excluding hydrogens is 699 g/mol. The lowest BCUT2D eigenvalue weighted by molar-refractivity contribution is -0.000511. The van der Waals surface area contributed by atoms with Gasteiger partial charge in [0.1, 0.15) is 28.8 Å². The number of nitrogens with one attached hydrogen (secondary N) is 2. The monoisotopic (exact) mass is 734 g/mol. The number of hydrogen-bond donors (Lipinski definition) is 2. The Hall–Kier alpha value is -5.53. The fourth-order valence-electron chi connectivity index (χ4n) is 7.28. The summed E-state index contributed by atoms with van der Waals surface area (Å²) in [5, 5.41) is 5.34. The van der Waals surface area contributed by atoms with Crippen LogP contribution in [0.2, 0.25) is 0 Å². The first-order chi connectivity index (χ1) is 25.6. The van der Waals surface area contributed by atoms with E-state index in [1.54, 1.807) is 41.4 Å². The molecule has 2 saturated heterocycles. The van der Waals surface area contributed by atoms with Crippen LogP contribution in [-0.4, -0.2) is 60.5 Å². The van der Waals surface area contributed by atoms with Gasteiger partial charge in [-0.15, -0.1) is 11.3 Å². The fraction of sp³-hybridized carbons (Fsp3) is 0.275. The van der Waals surface area contributed by atoms with E-state index >= 15 is 0 Å². The van der Waals surface area contributed by atoms with Crippen molar-refractivity contribution in [1.82, 2.24) is 9.97 Å². The number of anilines is 4. The maximum Gasteiger partial charge on any atom is 0.265 e. The number of carbonyl (C=O) groups is 3. The highest BCUT2D eigenvalue weighted by Gasteiger charge is 2.45. The van der Waals surface area contributed by atoms with Crippen molar-refractivity contribution in [2.75, 3.05) is 53.3 Å². The highest BCUT2D eigenvalue weighted by molar-refractivity contribution is 7.17. The normalized spacial score (nSPS) is 15.9. The molecule has 0 aliphatic carbocycles. The van der Waals surface area contributed by atoms with Crippen molar-refractivity contribution in [1.29, 1.82) is 0 Å². The SMILES string of the molecule is Cc1cnc(N2CC3(CCOCC3)C2)c(C(=O)Nc2ccc(C(=O)N3CCc4cc(C(=O)Nc5c(F)cccc5F)sc4-c4nc(C)ccc43)cc2)c1. The molecule has 270 valence electrons. The first kappa shape index (κ1) is 34.6. The molecule has 2 aromatic carbocycles. The van der Waals surface area contributed by atoms with Gasteiger partial charge in [-0.3, -0.25) is 19.4 Å². The number of pyridine rings is 2. The van der Waals surface area contributed by atoms with E-state index in [0.717, 1.165) is 79.4 Å². The zero-order valence-electron chi connectivity index (χ0n) is 29.2. The molecule has 3 aliphatic heterocycles. The average Bonchev–Trinajstić information content (AvgIpc) is 3.51. The van der Waals surface area contributed by atoms with Crippen LogP contribution in [0, 0.1) is 30.9 Å². The third-order valence-electron chi connectivity index (χ3n) is 10.1. The van der Waals surface area contributed by atoms with Crippen LogP contribution in [0.4, 0.5) is 31.7 Å². The Morgan fingerprint density at radius 2 is 1.64 bits per heavy atom. The van der Waals surface area contributed by atoms with E-state index in [4.69, 9.17) is 9.72 Å². The molecule has 3 aliphatic rings. The van der Waals surface area contributed by atoms with Crippen molar-refractivity contribution in [3.05, 3.63) is 117 Å². The van der Waals surface area contributed by atoms with Crippen LogP contribution in [0.25, 0.3) is 10.6 Å². The number of aryl methyl sites for hydroxylation is 2. The van der Waals surface area contributed by atoms with Crippen LogP contribution in [0.15, 0.2) is 72.9 Å². The third kappa shape index (κ3) is 6.66. The van der Waals surface area contributed by atoms with Crippen molar-refractivity contribution in [3.63, 3.8) is 0 Å². The summed E-state index contributed by atoms with van der Waals surface area (Å²) in [4.78, 5) is 55.0. The quantitative estimate of drug-likeness (QED) is 0.187. The fourth-order valence-corrected chi connectivity index (χ4v) is 8.39. The van der Waals surface area contributed by atoms with E-state index in [1.807, 2.05) is 32.0 Å². The van der Waals surface area contributed by atoms with Crippen LogP contribution in [-0.2, 0) is 11.2 Å². The highest BCUT2D eigenvalue weighted by atomic mass is 32.1. The molecule has 2 fully saturated rings. The second kappa shape index (κ2) is 13.8. The minimum Gasteiger partial charge on any atom is -0.381 e. The van der Waals surface area contributed by atoms with Crippen molar-refractivity contribution < 1.29 is 27.9 Å². The summed E-state index contributed by atoms with van der Waals surface area (Å²) in [5.41, 5.74) is 4.72. The smallest absolute Gasteiger partial charge is 0.265 e. The molecule has 10 nitrogen and oxygen atoms in total. The zero-order valence-corrected chi connectivity index (χ0v) is 30.0. The van der Waals surface area contributed by atoms with E-state index in [-0.39, 0.29) is 22.1 Å². The number of rotatable bonds is 6. The molecule has 0 saturated carbocycles. The molecular formula is C40H36F2N6O4S. The number of benzene rings is 2. The molecule has 2 N–H and O–H groups in total. The Balaban J connectivity index is 0.990. The number of carbonyl (C=O) groups excluding carboxylic acids is 3. The zero-order chi connectivity index (χ0) is 36.9. The average molecular weight is 735 g/mol. The number of halogens is 2. The number of nitrogens with zero attached hydrogens (tertiary/aromatic N) is 4. The first-order valence-electron chi connectivity index (χ1n) is 17.5. The third-order valence-corrected chi connectivity index (χ3v) is 11.3. The van der Waals surface area contributed by atoms with Crippen LogP contribution in [0.1, 0.15) is 60.1 Å². The number of amides is 3. The van der Waals surface area contributed by atoms with Gasteiger partial charge in [0.25, 0.3) is 17.7 Å². The summed E-state index contributed by atoms with van der Waals surface area (Å²) in [7, 11) is 0. The lowest BCUT2D eigenvalue weighted by Crippen LogP contribution is -2.59. The number of fused-ring (bicyclic) bond motifs is 3. The predicted molar refractivity (Wildman–Crippen MR) is 200 cm³/mol. The van der Waals surface area contributed by atoms with Crippen LogP contribution >= 0.6 is 11.3 Å². The van der Waals surface area contributed by atoms with Gasteiger partial charge in [-0.25, -0.2) is 13.8 Å². The van der Waals surface area contributed by atoms with Gasteiger partial charge in [-0.2, -0.15) is 0 Å². The summed E-state index contributed by atoms with van der Waals surface area (Å²) in [6, 6.07) is 17.4. The van der Waals surface area contributed by atoms with E-state index in [2.05, 4.69) is 20.5 Å². The maximum absolute atomic E-state index is 14.3. The number of para-hydroxylation sites is 1. The van der Waals surface area contributed by atoms with Gasteiger partial charge >= 0.3 is 0 Å². The van der Waals surface area contributed by atoms with Gasteiger partial charge in [-0.1, -0.05) is 6.07 Å². The standard InChI is InChI=1S/C40H36F2N6O4S/c1-23-18-28(36(43-20-23)47-21-40(22-47)13-16-52-17-14-40)37(49)45-27-9-7-25(8-10-27)39(51)48-15-12-26-19-32(38(50)46-33-29(41)4-3-5-30(33)42)53-35(26)34-31(48)11-6-24(2)44-34/h3-11,18-20H,12-17,21-22H2,1-2H3,(H,45,49)(H,46,50). The van der Waals surface area contributed by atoms with Crippen molar-refractivity contribution in [2.24, 2.45) is 5.41 Å². The highest BCUT2D eigenvalue weighted by Crippen LogP contribution is 2.43. The molecule has 0 bridgehead atoms. The lowest BCUT2D eigenvalue weighted by Gasteiger charge is -2.53. The van der Waals surface area contributed by atoms with E-state index < -0.39 is 23.2 Å².